The van der Waals surface area contributed by atoms with Gasteiger partial charge in [-0.3, -0.25) is 4.79 Å². The van der Waals surface area contributed by atoms with Crippen LogP contribution < -0.4 is 5.32 Å². The van der Waals surface area contributed by atoms with Gasteiger partial charge in [-0.15, -0.1) is 0 Å². The molecule has 0 fully saturated rings. The predicted octanol–water partition coefficient (Wildman–Crippen LogP) is 3.28. The number of nitrogens with one attached hydrogen (secondary N) is 1. The maximum absolute atomic E-state index is 13.3. The number of halogens is 3. The van der Waals surface area contributed by atoms with E-state index in [2.05, 4.69) is 31.2 Å². The summed E-state index contributed by atoms with van der Waals surface area (Å²) in [6.07, 6.45) is 1.22. The van der Waals surface area contributed by atoms with Gasteiger partial charge in [0.1, 0.15) is 23.1 Å². The Labute approximate surface area is 115 Å². The molecule has 0 aliphatic carbocycles. The van der Waals surface area contributed by atoms with Crippen LogP contribution in [0.3, 0.4) is 0 Å². The van der Waals surface area contributed by atoms with Gasteiger partial charge in [-0.25, -0.2) is 14.4 Å². The smallest absolute Gasteiger partial charge is 0.258 e. The number of aromatic nitrogens is 2. The van der Waals surface area contributed by atoms with Crippen LogP contribution in [0, 0.1) is 5.82 Å². The number of hydrogen-bond acceptors (Lipinski definition) is 3. The highest BCUT2D eigenvalue weighted by molar-refractivity contribution is 9.10. The third-order valence-electron chi connectivity index (χ3n) is 2.07. The molecule has 1 N–H and O–H groups in total. The Morgan fingerprint density at radius 3 is 2.89 bits per heavy atom. The van der Waals surface area contributed by atoms with Gasteiger partial charge in [-0.05, 0) is 28.1 Å². The standard InChI is InChI=1S/C11H6BrClFN3O/c12-10-6(2-1-3-7(10)14)11(18)17-9-4-8(13)15-5-16-9/h1-5H,(H,15,16,17,18). The second-order valence-corrected chi connectivity index (χ2v) is 4.46. The lowest BCUT2D eigenvalue weighted by Gasteiger charge is -2.06. The van der Waals surface area contributed by atoms with Crippen LogP contribution in [0.5, 0.6) is 0 Å². The fraction of sp³-hybridized carbons (Fsp3) is 0. The molecule has 0 atom stereocenters. The molecular weight excluding hydrogens is 324 g/mol. The lowest BCUT2D eigenvalue weighted by atomic mass is 10.2. The van der Waals surface area contributed by atoms with Gasteiger partial charge in [0.25, 0.3) is 5.91 Å². The number of anilines is 1. The molecule has 4 nitrogen and oxygen atoms in total. The van der Waals surface area contributed by atoms with E-state index in [9.17, 15) is 9.18 Å². The van der Waals surface area contributed by atoms with E-state index in [4.69, 9.17) is 11.6 Å². The third kappa shape index (κ3) is 2.83. The molecule has 1 heterocycles. The van der Waals surface area contributed by atoms with Gasteiger partial charge in [-0.1, -0.05) is 17.7 Å². The summed E-state index contributed by atoms with van der Waals surface area (Å²) in [4.78, 5) is 19.4. The number of carbonyl (C=O) groups is 1. The number of rotatable bonds is 2. The van der Waals surface area contributed by atoms with Gasteiger partial charge in [0.05, 0.1) is 10.0 Å². The first-order valence-corrected chi connectivity index (χ1v) is 5.98. The molecule has 2 aromatic rings. The van der Waals surface area contributed by atoms with E-state index in [1.165, 1.54) is 30.6 Å². The molecule has 2 rings (SSSR count). The van der Waals surface area contributed by atoms with Crippen molar-refractivity contribution in [2.75, 3.05) is 5.32 Å². The largest absolute Gasteiger partial charge is 0.306 e. The SMILES string of the molecule is O=C(Nc1cc(Cl)ncn1)c1cccc(F)c1Br. The summed E-state index contributed by atoms with van der Waals surface area (Å²) >= 11 is 8.67. The Morgan fingerprint density at radius 1 is 1.39 bits per heavy atom. The van der Waals surface area contributed by atoms with Gasteiger partial charge in [0.15, 0.2) is 0 Å². The van der Waals surface area contributed by atoms with E-state index in [0.717, 1.165) is 0 Å². The minimum absolute atomic E-state index is 0.0997. The zero-order chi connectivity index (χ0) is 13.1. The molecule has 0 radical (unpaired) electrons. The van der Waals surface area contributed by atoms with Crippen LogP contribution in [-0.2, 0) is 0 Å². The first-order valence-electron chi connectivity index (χ1n) is 4.81. The highest BCUT2D eigenvalue weighted by Gasteiger charge is 2.13. The van der Waals surface area contributed by atoms with E-state index in [1.54, 1.807) is 0 Å². The topological polar surface area (TPSA) is 54.9 Å². The Bertz CT molecular complexity index is 609. The van der Waals surface area contributed by atoms with Crippen molar-refractivity contribution in [3.05, 3.63) is 51.6 Å². The minimum Gasteiger partial charge on any atom is -0.306 e. The Morgan fingerprint density at radius 2 is 2.17 bits per heavy atom. The highest BCUT2D eigenvalue weighted by Crippen LogP contribution is 2.21. The Kier molecular flexibility index (Phi) is 3.88. The molecule has 0 unspecified atom stereocenters. The van der Waals surface area contributed by atoms with Crippen molar-refractivity contribution in [3.8, 4) is 0 Å². The monoisotopic (exact) mass is 329 g/mol. The molecule has 0 spiro atoms. The van der Waals surface area contributed by atoms with Crippen molar-refractivity contribution >= 4 is 39.3 Å². The lowest BCUT2D eigenvalue weighted by molar-refractivity contribution is 0.102. The molecule has 18 heavy (non-hydrogen) atoms. The zero-order valence-corrected chi connectivity index (χ0v) is 11.2. The van der Waals surface area contributed by atoms with E-state index in [1.807, 2.05) is 0 Å². The fourth-order valence-corrected chi connectivity index (χ4v) is 1.86. The second-order valence-electron chi connectivity index (χ2n) is 3.28. The van der Waals surface area contributed by atoms with Gasteiger partial charge >= 0.3 is 0 Å². The fourth-order valence-electron chi connectivity index (χ4n) is 1.26. The summed E-state index contributed by atoms with van der Waals surface area (Å²) < 4.78 is 13.4. The summed E-state index contributed by atoms with van der Waals surface area (Å²) in [5.41, 5.74) is 0.171. The van der Waals surface area contributed by atoms with Gasteiger partial charge in [0, 0.05) is 6.07 Å². The molecule has 0 saturated carbocycles. The lowest BCUT2D eigenvalue weighted by Crippen LogP contribution is -2.14. The van der Waals surface area contributed by atoms with Gasteiger partial charge in [0.2, 0.25) is 0 Å². The van der Waals surface area contributed by atoms with Crippen molar-refractivity contribution in [3.63, 3.8) is 0 Å². The van der Waals surface area contributed by atoms with Crippen LogP contribution in [0.2, 0.25) is 5.15 Å². The molecule has 92 valence electrons. The van der Waals surface area contributed by atoms with E-state index in [0.29, 0.717) is 0 Å². The quantitative estimate of drug-likeness (QED) is 0.860. The molecule has 0 bridgehead atoms. The van der Waals surface area contributed by atoms with Crippen LogP contribution >= 0.6 is 27.5 Å². The maximum Gasteiger partial charge on any atom is 0.258 e. The van der Waals surface area contributed by atoms with Gasteiger partial charge in [-0.2, -0.15) is 0 Å². The normalized spacial score (nSPS) is 10.2. The van der Waals surface area contributed by atoms with E-state index >= 15 is 0 Å². The molecule has 7 heteroatoms. The van der Waals surface area contributed by atoms with Gasteiger partial charge < -0.3 is 5.32 Å². The third-order valence-corrected chi connectivity index (χ3v) is 3.08. The summed E-state index contributed by atoms with van der Waals surface area (Å²) in [6.45, 7) is 0. The summed E-state index contributed by atoms with van der Waals surface area (Å²) in [7, 11) is 0. The molecule has 1 aromatic carbocycles. The number of carbonyl (C=O) groups excluding carboxylic acids is 1. The second kappa shape index (κ2) is 5.41. The first kappa shape index (κ1) is 12.9. The minimum atomic E-state index is -0.511. The molecular formula is C11H6BrClFN3O. The molecule has 0 saturated heterocycles. The van der Waals surface area contributed by atoms with Crippen LogP contribution in [0.1, 0.15) is 10.4 Å². The predicted molar refractivity (Wildman–Crippen MR) is 69.1 cm³/mol. The number of hydrogen-bond donors (Lipinski definition) is 1. The number of benzene rings is 1. The Hall–Kier alpha value is -1.53. The highest BCUT2D eigenvalue weighted by atomic mass is 79.9. The Balaban J connectivity index is 2.25. The molecule has 1 aromatic heterocycles. The van der Waals surface area contributed by atoms with Crippen molar-refractivity contribution in [2.24, 2.45) is 0 Å². The van der Waals surface area contributed by atoms with Crippen molar-refractivity contribution in [1.29, 1.82) is 0 Å². The average molecular weight is 331 g/mol. The van der Waals surface area contributed by atoms with Crippen LogP contribution in [0.25, 0.3) is 0 Å². The first-order chi connectivity index (χ1) is 8.58. The average Bonchev–Trinajstić information content (AvgIpc) is 2.32. The van der Waals surface area contributed by atoms with Crippen LogP contribution in [-0.4, -0.2) is 15.9 Å². The molecule has 0 aliphatic rings. The number of nitrogens with zero attached hydrogens (tertiary/aromatic N) is 2. The van der Waals surface area contributed by atoms with Crippen molar-refractivity contribution in [1.82, 2.24) is 9.97 Å². The molecule has 1 amide bonds. The zero-order valence-electron chi connectivity index (χ0n) is 8.82. The van der Waals surface area contributed by atoms with Crippen LogP contribution in [0.15, 0.2) is 35.1 Å². The van der Waals surface area contributed by atoms with E-state index < -0.39 is 11.7 Å². The van der Waals surface area contributed by atoms with E-state index in [-0.39, 0.29) is 21.0 Å². The molecule has 0 aliphatic heterocycles. The summed E-state index contributed by atoms with van der Waals surface area (Å²) in [5, 5.41) is 2.70. The van der Waals surface area contributed by atoms with Crippen LogP contribution in [0.4, 0.5) is 10.2 Å². The van der Waals surface area contributed by atoms with Crippen molar-refractivity contribution < 1.29 is 9.18 Å². The number of amides is 1. The summed E-state index contributed by atoms with van der Waals surface area (Å²) in [5.74, 6) is -0.754. The maximum atomic E-state index is 13.3. The van der Waals surface area contributed by atoms with Crippen molar-refractivity contribution in [2.45, 2.75) is 0 Å². The summed E-state index contributed by atoms with van der Waals surface area (Å²) in [6, 6.07) is 5.59.